The molecule has 7 heteroatoms. The maximum Gasteiger partial charge on any atom is 0.290 e. The van der Waals surface area contributed by atoms with Gasteiger partial charge in [0.15, 0.2) is 0 Å². The smallest absolute Gasteiger partial charge is 0.290 e. The highest BCUT2D eigenvalue weighted by atomic mass is 32.2. The lowest BCUT2D eigenvalue weighted by molar-refractivity contribution is -0.115. The Morgan fingerprint density at radius 2 is 1.79 bits per heavy atom. The zero-order valence-electron chi connectivity index (χ0n) is 10.2. The van der Waals surface area contributed by atoms with E-state index in [1.165, 1.54) is 32.4 Å². The molecule has 6 nitrogen and oxygen atoms in total. The standard InChI is InChI=1S/C12H11NO5S/c1-17-8-3-6(14)4-9(18-2)7(8)5-10-11(15)13-12(16)19-10/h3-5,14H,1-2H3,(H,13,15,16)/b10-5-. The van der Waals surface area contributed by atoms with E-state index in [2.05, 4.69) is 5.32 Å². The number of imide groups is 1. The van der Waals surface area contributed by atoms with Gasteiger partial charge in [0, 0.05) is 12.1 Å². The van der Waals surface area contributed by atoms with E-state index in [0.717, 1.165) is 11.8 Å². The molecule has 0 atom stereocenters. The minimum atomic E-state index is -0.466. The lowest BCUT2D eigenvalue weighted by Gasteiger charge is -2.11. The van der Waals surface area contributed by atoms with Crippen LogP contribution in [0.15, 0.2) is 17.0 Å². The summed E-state index contributed by atoms with van der Waals surface area (Å²) in [4.78, 5) is 22.9. The number of amides is 2. The van der Waals surface area contributed by atoms with Gasteiger partial charge in [0.05, 0.1) is 24.7 Å². The normalized spacial score (nSPS) is 16.6. The minimum Gasteiger partial charge on any atom is -0.508 e. The fraction of sp³-hybridized carbons (Fsp3) is 0.167. The molecule has 0 spiro atoms. The Labute approximate surface area is 113 Å². The van der Waals surface area contributed by atoms with Crippen molar-refractivity contribution in [2.24, 2.45) is 0 Å². The van der Waals surface area contributed by atoms with Crippen LogP contribution in [0.4, 0.5) is 4.79 Å². The van der Waals surface area contributed by atoms with Gasteiger partial charge in [-0.2, -0.15) is 0 Å². The molecule has 2 N–H and O–H groups in total. The number of nitrogens with one attached hydrogen (secondary N) is 1. The first-order chi connectivity index (χ1) is 9.05. The summed E-state index contributed by atoms with van der Waals surface area (Å²) < 4.78 is 10.3. The number of phenols is 1. The Balaban J connectivity index is 2.52. The molecule has 1 saturated heterocycles. The SMILES string of the molecule is COc1cc(O)cc(OC)c1/C=C1\SC(=O)NC1=O. The van der Waals surface area contributed by atoms with E-state index in [1.54, 1.807) is 0 Å². The molecule has 2 rings (SSSR count). The fourth-order valence-electron chi connectivity index (χ4n) is 1.62. The number of ether oxygens (including phenoxy) is 2. The molecule has 0 radical (unpaired) electrons. The molecule has 1 fully saturated rings. The van der Waals surface area contributed by atoms with Crippen molar-refractivity contribution in [3.63, 3.8) is 0 Å². The van der Waals surface area contributed by atoms with Gasteiger partial charge in [0.2, 0.25) is 0 Å². The molecule has 100 valence electrons. The molecule has 1 aromatic carbocycles. The van der Waals surface area contributed by atoms with Gasteiger partial charge in [-0.25, -0.2) is 0 Å². The highest BCUT2D eigenvalue weighted by molar-refractivity contribution is 8.18. The van der Waals surface area contributed by atoms with E-state index in [4.69, 9.17) is 9.47 Å². The van der Waals surface area contributed by atoms with Gasteiger partial charge in [-0.1, -0.05) is 0 Å². The average molecular weight is 281 g/mol. The third kappa shape index (κ3) is 2.65. The fourth-order valence-corrected chi connectivity index (χ4v) is 2.28. The number of thioether (sulfide) groups is 1. The summed E-state index contributed by atoms with van der Waals surface area (Å²) in [5, 5.41) is 11.3. The van der Waals surface area contributed by atoms with Crippen LogP contribution in [-0.4, -0.2) is 30.5 Å². The molecule has 1 aliphatic heterocycles. The number of hydrogen-bond donors (Lipinski definition) is 2. The summed E-state index contributed by atoms with van der Waals surface area (Å²) in [6, 6.07) is 2.79. The van der Waals surface area contributed by atoms with Gasteiger partial charge in [-0.15, -0.1) is 0 Å². The van der Waals surface area contributed by atoms with E-state index in [1.807, 2.05) is 0 Å². The number of methoxy groups -OCH3 is 2. The zero-order chi connectivity index (χ0) is 14.0. The van der Waals surface area contributed by atoms with Crippen molar-refractivity contribution in [2.45, 2.75) is 0 Å². The van der Waals surface area contributed by atoms with Crippen LogP contribution in [-0.2, 0) is 4.79 Å². The number of hydrogen-bond acceptors (Lipinski definition) is 6. The first-order valence-corrected chi connectivity index (χ1v) is 6.06. The Kier molecular flexibility index (Phi) is 3.66. The molecular weight excluding hydrogens is 270 g/mol. The van der Waals surface area contributed by atoms with Crippen LogP contribution < -0.4 is 14.8 Å². The van der Waals surface area contributed by atoms with E-state index < -0.39 is 11.1 Å². The highest BCUT2D eigenvalue weighted by Crippen LogP contribution is 2.37. The number of carbonyl (C=O) groups is 2. The van der Waals surface area contributed by atoms with Crippen LogP contribution in [0, 0.1) is 0 Å². The van der Waals surface area contributed by atoms with Crippen LogP contribution in [0.1, 0.15) is 5.56 Å². The van der Waals surface area contributed by atoms with Crippen molar-refractivity contribution in [2.75, 3.05) is 14.2 Å². The lowest BCUT2D eigenvalue weighted by atomic mass is 10.1. The summed E-state index contributed by atoms with van der Waals surface area (Å²) in [5.74, 6) is 0.205. The number of aromatic hydroxyl groups is 1. The summed E-state index contributed by atoms with van der Waals surface area (Å²) in [6.45, 7) is 0. The van der Waals surface area contributed by atoms with E-state index in [9.17, 15) is 14.7 Å². The molecule has 1 aliphatic rings. The van der Waals surface area contributed by atoms with E-state index >= 15 is 0 Å². The van der Waals surface area contributed by atoms with Gasteiger partial charge < -0.3 is 14.6 Å². The van der Waals surface area contributed by atoms with E-state index in [0.29, 0.717) is 17.1 Å². The van der Waals surface area contributed by atoms with Crippen LogP contribution in [0.5, 0.6) is 17.2 Å². The molecule has 1 heterocycles. The second-order valence-corrected chi connectivity index (χ2v) is 4.63. The summed E-state index contributed by atoms with van der Waals surface area (Å²) in [5.41, 5.74) is 0.482. The summed E-state index contributed by atoms with van der Waals surface area (Å²) >= 11 is 0.799. The number of phenolic OH excluding ortho intramolecular Hbond substituents is 1. The van der Waals surface area contributed by atoms with E-state index in [-0.39, 0.29) is 10.7 Å². The summed E-state index contributed by atoms with van der Waals surface area (Å²) in [6.07, 6.45) is 1.49. The second-order valence-electron chi connectivity index (χ2n) is 3.62. The zero-order valence-corrected chi connectivity index (χ0v) is 11.0. The first-order valence-electron chi connectivity index (χ1n) is 5.25. The predicted octanol–water partition coefficient (Wildman–Crippen LogP) is 1.73. The van der Waals surface area contributed by atoms with Crippen LogP contribution >= 0.6 is 11.8 Å². The highest BCUT2D eigenvalue weighted by Gasteiger charge is 2.26. The van der Waals surface area contributed by atoms with Crippen molar-refractivity contribution in [3.8, 4) is 17.2 Å². The van der Waals surface area contributed by atoms with Crippen molar-refractivity contribution < 1.29 is 24.2 Å². The number of rotatable bonds is 3. The average Bonchev–Trinajstić information content (AvgIpc) is 2.69. The van der Waals surface area contributed by atoms with Gasteiger partial charge in [-0.3, -0.25) is 14.9 Å². The second kappa shape index (κ2) is 5.23. The van der Waals surface area contributed by atoms with Crippen molar-refractivity contribution in [1.82, 2.24) is 5.32 Å². The minimum absolute atomic E-state index is 0.0181. The molecule has 0 aromatic heterocycles. The van der Waals surface area contributed by atoms with Crippen molar-refractivity contribution in [1.29, 1.82) is 0 Å². The van der Waals surface area contributed by atoms with Crippen LogP contribution in [0.3, 0.4) is 0 Å². The first kappa shape index (κ1) is 13.3. The third-order valence-electron chi connectivity index (χ3n) is 2.45. The maximum absolute atomic E-state index is 11.5. The third-order valence-corrected chi connectivity index (χ3v) is 3.26. The predicted molar refractivity (Wildman–Crippen MR) is 70.3 cm³/mol. The Morgan fingerprint density at radius 3 is 2.21 bits per heavy atom. The maximum atomic E-state index is 11.5. The molecular formula is C12H11NO5S. The molecule has 1 aromatic rings. The lowest BCUT2D eigenvalue weighted by Crippen LogP contribution is -2.17. The number of carbonyl (C=O) groups excluding carboxylic acids is 2. The van der Waals surface area contributed by atoms with Crippen LogP contribution in [0.25, 0.3) is 6.08 Å². The van der Waals surface area contributed by atoms with Gasteiger partial charge in [0.1, 0.15) is 17.2 Å². The van der Waals surface area contributed by atoms with Crippen molar-refractivity contribution in [3.05, 3.63) is 22.6 Å². The topological polar surface area (TPSA) is 84.9 Å². The molecule has 2 amide bonds. The Morgan fingerprint density at radius 1 is 1.21 bits per heavy atom. The molecule has 19 heavy (non-hydrogen) atoms. The van der Waals surface area contributed by atoms with Crippen molar-refractivity contribution >= 4 is 29.0 Å². The molecule has 0 saturated carbocycles. The summed E-state index contributed by atoms with van der Waals surface area (Å²) in [7, 11) is 2.87. The monoisotopic (exact) mass is 281 g/mol. The quantitative estimate of drug-likeness (QED) is 0.821. The van der Waals surface area contributed by atoms with Gasteiger partial charge in [-0.05, 0) is 17.8 Å². The molecule has 0 aliphatic carbocycles. The molecule has 0 bridgehead atoms. The largest absolute Gasteiger partial charge is 0.508 e. The van der Waals surface area contributed by atoms with Crippen LogP contribution in [0.2, 0.25) is 0 Å². The Bertz CT molecular complexity index is 556. The Hall–Kier alpha value is -2.15. The van der Waals surface area contributed by atoms with Gasteiger partial charge in [0.25, 0.3) is 11.1 Å². The van der Waals surface area contributed by atoms with Gasteiger partial charge >= 0.3 is 0 Å². The number of benzene rings is 1. The molecule has 0 unspecified atom stereocenters.